The predicted octanol–water partition coefficient (Wildman–Crippen LogP) is 3.34. The number of hydrogen-bond donors (Lipinski definition) is 0. The minimum Gasteiger partial charge on any atom is -0.497 e. The minimum absolute atomic E-state index is 0.0727. The lowest BCUT2D eigenvalue weighted by Gasteiger charge is -2.20. The lowest BCUT2D eigenvalue weighted by atomic mass is 10.1. The Morgan fingerprint density at radius 3 is 2.50 bits per heavy atom. The minimum atomic E-state index is -0.494. The van der Waals surface area contributed by atoms with Crippen LogP contribution in [0.3, 0.4) is 0 Å². The molecule has 0 aliphatic heterocycles. The largest absolute Gasteiger partial charge is 0.497 e. The second-order valence-electron chi connectivity index (χ2n) is 4.45. The second kappa shape index (κ2) is 6.07. The Morgan fingerprint density at radius 1 is 1.20 bits per heavy atom. The number of hydrogen-bond acceptors (Lipinski definition) is 3. The fourth-order valence-corrected chi connectivity index (χ4v) is 2.03. The van der Waals surface area contributed by atoms with Gasteiger partial charge in [-0.05, 0) is 29.8 Å². The van der Waals surface area contributed by atoms with E-state index in [0.29, 0.717) is 12.2 Å². The van der Waals surface area contributed by atoms with Gasteiger partial charge in [-0.25, -0.2) is 4.39 Å². The van der Waals surface area contributed by atoms with E-state index in [9.17, 15) is 4.39 Å². The van der Waals surface area contributed by atoms with Crippen molar-refractivity contribution in [2.45, 2.75) is 6.54 Å². The molecule has 0 bridgehead atoms. The Labute approximate surface area is 117 Å². The standard InChI is InChI=1S/C16H15FN2O/c1-19(11-12-6-8-13(20-2)9-7-12)16-5-3-4-15(17)14(16)10-18/h3-9H,11H2,1-2H3. The summed E-state index contributed by atoms with van der Waals surface area (Å²) in [5.74, 6) is 0.298. The molecule has 2 rings (SSSR count). The quantitative estimate of drug-likeness (QED) is 0.855. The van der Waals surface area contributed by atoms with Crippen molar-refractivity contribution < 1.29 is 9.13 Å². The molecule has 0 aromatic heterocycles. The maximum atomic E-state index is 13.6. The maximum Gasteiger partial charge on any atom is 0.143 e. The molecule has 0 aliphatic rings. The summed E-state index contributed by atoms with van der Waals surface area (Å²) >= 11 is 0. The summed E-state index contributed by atoms with van der Waals surface area (Å²) in [5, 5.41) is 9.05. The second-order valence-corrected chi connectivity index (χ2v) is 4.45. The van der Waals surface area contributed by atoms with Gasteiger partial charge in [-0.2, -0.15) is 5.26 Å². The number of methoxy groups -OCH3 is 1. The van der Waals surface area contributed by atoms with Crippen LogP contribution in [0.25, 0.3) is 0 Å². The number of rotatable bonds is 4. The van der Waals surface area contributed by atoms with E-state index >= 15 is 0 Å². The fourth-order valence-electron chi connectivity index (χ4n) is 2.03. The topological polar surface area (TPSA) is 36.3 Å². The van der Waals surface area contributed by atoms with Crippen LogP contribution in [0.1, 0.15) is 11.1 Å². The van der Waals surface area contributed by atoms with Gasteiger partial charge in [0.25, 0.3) is 0 Å². The average molecular weight is 270 g/mol. The predicted molar refractivity (Wildman–Crippen MR) is 76.2 cm³/mol. The summed E-state index contributed by atoms with van der Waals surface area (Å²) in [6.45, 7) is 0.585. The zero-order chi connectivity index (χ0) is 14.5. The van der Waals surface area contributed by atoms with Crippen LogP contribution in [0, 0.1) is 17.1 Å². The Hall–Kier alpha value is -2.54. The Kier molecular flexibility index (Phi) is 4.21. The molecule has 0 radical (unpaired) electrons. The molecule has 2 aromatic rings. The van der Waals surface area contributed by atoms with Gasteiger partial charge in [0.1, 0.15) is 23.2 Å². The van der Waals surface area contributed by atoms with Gasteiger partial charge < -0.3 is 9.64 Å². The van der Waals surface area contributed by atoms with Crippen LogP contribution in [-0.2, 0) is 6.54 Å². The molecule has 0 unspecified atom stereocenters. The van der Waals surface area contributed by atoms with Crippen LogP contribution < -0.4 is 9.64 Å². The number of ether oxygens (including phenoxy) is 1. The molecular formula is C16H15FN2O. The number of halogens is 1. The zero-order valence-electron chi connectivity index (χ0n) is 11.4. The Bertz CT molecular complexity index is 632. The van der Waals surface area contributed by atoms with E-state index in [2.05, 4.69) is 0 Å². The highest BCUT2D eigenvalue weighted by Crippen LogP contribution is 2.23. The van der Waals surface area contributed by atoms with Crippen molar-refractivity contribution >= 4 is 5.69 Å². The van der Waals surface area contributed by atoms with Gasteiger partial charge >= 0.3 is 0 Å². The summed E-state index contributed by atoms with van der Waals surface area (Å²) in [6.07, 6.45) is 0. The third kappa shape index (κ3) is 2.89. The summed E-state index contributed by atoms with van der Waals surface area (Å²) in [7, 11) is 3.45. The average Bonchev–Trinajstić information content (AvgIpc) is 2.47. The van der Waals surface area contributed by atoms with E-state index in [4.69, 9.17) is 10.00 Å². The number of benzene rings is 2. The summed E-state index contributed by atoms with van der Waals surface area (Å²) in [4.78, 5) is 1.85. The molecule has 0 amide bonds. The molecular weight excluding hydrogens is 255 g/mol. The van der Waals surface area contributed by atoms with Crippen LogP contribution in [0.5, 0.6) is 5.75 Å². The third-order valence-corrected chi connectivity index (χ3v) is 3.09. The first kappa shape index (κ1) is 13.9. The molecule has 0 spiro atoms. The van der Waals surface area contributed by atoms with Crippen molar-refractivity contribution in [3.8, 4) is 11.8 Å². The van der Waals surface area contributed by atoms with Gasteiger partial charge in [0.2, 0.25) is 0 Å². The van der Waals surface area contributed by atoms with Crippen molar-refractivity contribution in [3.05, 3.63) is 59.4 Å². The molecule has 102 valence electrons. The monoisotopic (exact) mass is 270 g/mol. The molecule has 2 aromatic carbocycles. The van der Waals surface area contributed by atoms with Crippen LogP contribution in [0.15, 0.2) is 42.5 Å². The van der Waals surface area contributed by atoms with Gasteiger partial charge in [-0.1, -0.05) is 18.2 Å². The first-order valence-electron chi connectivity index (χ1n) is 6.18. The molecule has 4 heteroatoms. The van der Waals surface area contributed by atoms with E-state index in [-0.39, 0.29) is 5.56 Å². The molecule has 0 saturated carbocycles. The molecule has 0 atom stereocenters. The smallest absolute Gasteiger partial charge is 0.143 e. The van der Waals surface area contributed by atoms with Gasteiger partial charge in [-0.3, -0.25) is 0 Å². The summed E-state index contributed by atoms with van der Waals surface area (Å²) in [6, 6.07) is 14.2. The Morgan fingerprint density at radius 2 is 1.90 bits per heavy atom. The summed E-state index contributed by atoms with van der Waals surface area (Å²) < 4.78 is 18.7. The van der Waals surface area contributed by atoms with Crippen LogP contribution >= 0.6 is 0 Å². The molecule has 20 heavy (non-hydrogen) atoms. The molecule has 0 fully saturated rings. The van der Waals surface area contributed by atoms with Crippen molar-refractivity contribution in [1.82, 2.24) is 0 Å². The lowest BCUT2D eigenvalue weighted by molar-refractivity contribution is 0.414. The van der Waals surface area contributed by atoms with E-state index in [1.165, 1.54) is 6.07 Å². The molecule has 0 aliphatic carbocycles. The van der Waals surface area contributed by atoms with Crippen molar-refractivity contribution in [3.63, 3.8) is 0 Å². The van der Waals surface area contributed by atoms with Gasteiger partial charge in [-0.15, -0.1) is 0 Å². The number of nitrogens with zero attached hydrogens (tertiary/aromatic N) is 2. The molecule has 0 saturated heterocycles. The SMILES string of the molecule is COc1ccc(CN(C)c2cccc(F)c2C#N)cc1. The van der Waals surface area contributed by atoms with Crippen molar-refractivity contribution in [2.24, 2.45) is 0 Å². The fraction of sp³-hybridized carbons (Fsp3) is 0.188. The Balaban J connectivity index is 2.21. The van der Waals surface area contributed by atoms with E-state index < -0.39 is 5.82 Å². The van der Waals surface area contributed by atoms with Crippen LogP contribution in [0.2, 0.25) is 0 Å². The highest BCUT2D eigenvalue weighted by atomic mass is 19.1. The lowest BCUT2D eigenvalue weighted by Crippen LogP contribution is -2.18. The first-order chi connectivity index (χ1) is 9.65. The number of anilines is 1. The van der Waals surface area contributed by atoms with Crippen molar-refractivity contribution in [1.29, 1.82) is 5.26 Å². The summed E-state index contributed by atoms with van der Waals surface area (Å²) in [5.41, 5.74) is 1.72. The van der Waals surface area contributed by atoms with Gasteiger partial charge in [0.15, 0.2) is 0 Å². The van der Waals surface area contributed by atoms with Crippen LogP contribution in [0.4, 0.5) is 10.1 Å². The highest BCUT2D eigenvalue weighted by molar-refractivity contribution is 5.59. The van der Waals surface area contributed by atoms with Gasteiger partial charge in [0.05, 0.1) is 12.8 Å². The molecule has 3 nitrogen and oxygen atoms in total. The number of nitriles is 1. The van der Waals surface area contributed by atoms with Crippen LogP contribution in [-0.4, -0.2) is 14.2 Å². The maximum absolute atomic E-state index is 13.6. The normalized spacial score (nSPS) is 9.90. The van der Waals surface area contributed by atoms with Crippen molar-refractivity contribution in [2.75, 3.05) is 19.1 Å². The zero-order valence-corrected chi connectivity index (χ0v) is 11.4. The van der Waals surface area contributed by atoms with Gasteiger partial charge in [0, 0.05) is 13.6 Å². The van der Waals surface area contributed by atoms with E-state index in [0.717, 1.165) is 11.3 Å². The first-order valence-corrected chi connectivity index (χ1v) is 6.18. The third-order valence-electron chi connectivity index (χ3n) is 3.09. The van der Waals surface area contributed by atoms with E-state index in [1.54, 1.807) is 19.2 Å². The molecule has 0 heterocycles. The van der Waals surface area contributed by atoms with E-state index in [1.807, 2.05) is 42.3 Å². The molecule has 0 N–H and O–H groups in total. The highest BCUT2D eigenvalue weighted by Gasteiger charge is 2.11.